The molecule has 0 bridgehead atoms. The molecule has 3 rings (SSSR count). The van der Waals surface area contributed by atoms with Crippen LogP contribution in [0.1, 0.15) is 23.2 Å². The topological polar surface area (TPSA) is 105 Å². The standard InChI is InChI=1S/C20H22N4O3/c21-18(25)14-8-10-17(11-9-14)22-19(26)15-5-4-12-24(13-15)20(27)23-16-6-2-1-3-7-16/h1-3,6-11,15H,4-5,12-13H2,(H2,21,25)(H,22,26)(H,23,27)/t15-/m1/s1. The molecule has 27 heavy (non-hydrogen) atoms. The fourth-order valence-corrected chi connectivity index (χ4v) is 3.06. The van der Waals surface area contributed by atoms with Gasteiger partial charge in [0.1, 0.15) is 0 Å². The van der Waals surface area contributed by atoms with E-state index in [1.54, 1.807) is 29.2 Å². The third-order valence-corrected chi connectivity index (χ3v) is 4.54. The molecule has 1 atom stereocenters. The summed E-state index contributed by atoms with van der Waals surface area (Å²) in [5.74, 6) is -0.935. The Morgan fingerprint density at radius 3 is 2.26 bits per heavy atom. The van der Waals surface area contributed by atoms with E-state index in [9.17, 15) is 14.4 Å². The first-order chi connectivity index (χ1) is 13.0. The highest BCUT2D eigenvalue weighted by atomic mass is 16.2. The van der Waals surface area contributed by atoms with Crippen LogP contribution < -0.4 is 16.4 Å². The Morgan fingerprint density at radius 2 is 1.59 bits per heavy atom. The van der Waals surface area contributed by atoms with Crippen LogP contribution in [0.4, 0.5) is 16.2 Å². The molecule has 1 aliphatic rings. The van der Waals surface area contributed by atoms with E-state index in [2.05, 4.69) is 10.6 Å². The minimum absolute atomic E-state index is 0.140. The van der Waals surface area contributed by atoms with Gasteiger partial charge in [0.05, 0.1) is 5.92 Å². The normalized spacial score (nSPS) is 16.4. The van der Waals surface area contributed by atoms with Crippen molar-refractivity contribution in [2.45, 2.75) is 12.8 Å². The Bertz CT molecular complexity index is 821. The summed E-state index contributed by atoms with van der Waals surface area (Å²) >= 11 is 0. The molecule has 1 saturated heterocycles. The summed E-state index contributed by atoms with van der Waals surface area (Å²) in [6.07, 6.45) is 1.49. The van der Waals surface area contributed by atoms with Gasteiger partial charge in [-0.25, -0.2) is 4.79 Å². The van der Waals surface area contributed by atoms with Crippen LogP contribution in [0.3, 0.4) is 0 Å². The molecular weight excluding hydrogens is 344 g/mol. The van der Waals surface area contributed by atoms with Crippen molar-refractivity contribution >= 4 is 29.2 Å². The predicted octanol–water partition coefficient (Wildman–Crippen LogP) is 2.67. The third kappa shape index (κ3) is 4.84. The second-order valence-corrected chi connectivity index (χ2v) is 6.51. The van der Waals surface area contributed by atoms with E-state index < -0.39 is 5.91 Å². The summed E-state index contributed by atoms with van der Waals surface area (Å²) in [6.45, 7) is 0.986. The van der Waals surface area contributed by atoms with Crippen LogP contribution in [0.5, 0.6) is 0 Å². The molecule has 1 aliphatic heterocycles. The lowest BCUT2D eigenvalue weighted by Gasteiger charge is -2.32. The van der Waals surface area contributed by atoms with Gasteiger partial charge in [0.15, 0.2) is 0 Å². The van der Waals surface area contributed by atoms with Crippen molar-refractivity contribution in [2.24, 2.45) is 11.7 Å². The van der Waals surface area contributed by atoms with Gasteiger partial charge in [0, 0.05) is 30.0 Å². The number of likely N-dealkylation sites (tertiary alicyclic amines) is 1. The molecule has 0 unspecified atom stereocenters. The van der Waals surface area contributed by atoms with Crippen LogP contribution in [-0.2, 0) is 4.79 Å². The molecule has 140 valence electrons. The number of nitrogens with two attached hydrogens (primary N) is 1. The average molecular weight is 366 g/mol. The highest BCUT2D eigenvalue weighted by Crippen LogP contribution is 2.20. The van der Waals surface area contributed by atoms with Crippen LogP contribution in [0, 0.1) is 5.92 Å². The maximum Gasteiger partial charge on any atom is 0.321 e. The first-order valence-corrected chi connectivity index (χ1v) is 8.84. The van der Waals surface area contributed by atoms with Crippen LogP contribution in [0.25, 0.3) is 0 Å². The number of carbonyl (C=O) groups excluding carboxylic acids is 3. The molecular formula is C20H22N4O3. The van der Waals surface area contributed by atoms with Gasteiger partial charge in [-0.15, -0.1) is 0 Å². The third-order valence-electron chi connectivity index (χ3n) is 4.54. The molecule has 0 saturated carbocycles. The SMILES string of the molecule is NC(=O)c1ccc(NC(=O)[C@@H]2CCCN(C(=O)Nc3ccccc3)C2)cc1. The van der Waals surface area contributed by atoms with Crippen molar-refractivity contribution in [2.75, 3.05) is 23.7 Å². The molecule has 4 N–H and O–H groups in total. The molecule has 2 aromatic carbocycles. The molecule has 7 heteroatoms. The van der Waals surface area contributed by atoms with Crippen molar-refractivity contribution in [1.82, 2.24) is 4.90 Å². The number of rotatable bonds is 4. The molecule has 0 radical (unpaired) electrons. The summed E-state index contributed by atoms with van der Waals surface area (Å²) in [5.41, 5.74) is 6.91. The average Bonchev–Trinajstić information content (AvgIpc) is 2.69. The molecule has 4 amide bonds. The van der Waals surface area contributed by atoms with E-state index in [0.717, 1.165) is 18.5 Å². The summed E-state index contributed by atoms with van der Waals surface area (Å²) in [6, 6.07) is 15.4. The van der Waals surface area contributed by atoms with Gasteiger partial charge in [0.25, 0.3) is 0 Å². The van der Waals surface area contributed by atoms with Gasteiger partial charge in [-0.3, -0.25) is 9.59 Å². The second kappa shape index (κ2) is 8.35. The number of hydrogen-bond acceptors (Lipinski definition) is 3. The fourth-order valence-electron chi connectivity index (χ4n) is 3.06. The van der Waals surface area contributed by atoms with Crippen LogP contribution >= 0.6 is 0 Å². The number of anilines is 2. The van der Waals surface area contributed by atoms with E-state index in [4.69, 9.17) is 5.73 Å². The summed E-state index contributed by atoms with van der Waals surface area (Å²) in [7, 11) is 0. The number of piperidine rings is 1. The first kappa shape index (κ1) is 18.4. The second-order valence-electron chi connectivity index (χ2n) is 6.51. The predicted molar refractivity (Wildman–Crippen MR) is 103 cm³/mol. The quantitative estimate of drug-likeness (QED) is 0.775. The minimum Gasteiger partial charge on any atom is -0.366 e. The van der Waals surface area contributed by atoms with E-state index in [1.165, 1.54) is 0 Å². The zero-order valence-corrected chi connectivity index (χ0v) is 14.9. The summed E-state index contributed by atoms with van der Waals surface area (Å²) in [4.78, 5) is 37.8. The first-order valence-electron chi connectivity index (χ1n) is 8.84. The lowest BCUT2D eigenvalue weighted by molar-refractivity contribution is -0.121. The Hall–Kier alpha value is -3.35. The number of amides is 4. The van der Waals surface area contributed by atoms with Crippen molar-refractivity contribution < 1.29 is 14.4 Å². The van der Waals surface area contributed by atoms with Gasteiger partial charge >= 0.3 is 6.03 Å². The van der Waals surface area contributed by atoms with Crippen LogP contribution in [0.15, 0.2) is 54.6 Å². The Morgan fingerprint density at radius 1 is 0.926 bits per heavy atom. The highest BCUT2D eigenvalue weighted by molar-refractivity contribution is 5.96. The monoisotopic (exact) mass is 366 g/mol. The van der Waals surface area contributed by atoms with Crippen molar-refractivity contribution in [1.29, 1.82) is 0 Å². The number of carbonyl (C=O) groups is 3. The van der Waals surface area contributed by atoms with Gasteiger partial charge in [0.2, 0.25) is 11.8 Å². The van der Waals surface area contributed by atoms with Crippen molar-refractivity contribution in [3.05, 3.63) is 60.2 Å². The van der Waals surface area contributed by atoms with E-state index in [0.29, 0.717) is 24.3 Å². The number of nitrogens with one attached hydrogen (secondary N) is 2. The zero-order chi connectivity index (χ0) is 19.2. The molecule has 1 heterocycles. The van der Waals surface area contributed by atoms with Gasteiger partial charge in [-0.1, -0.05) is 18.2 Å². The number of primary amides is 1. The van der Waals surface area contributed by atoms with Crippen molar-refractivity contribution in [3.8, 4) is 0 Å². The maximum atomic E-state index is 12.6. The van der Waals surface area contributed by atoms with Gasteiger partial charge < -0.3 is 21.3 Å². The number of hydrogen-bond donors (Lipinski definition) is 3. The Balaban J connectivity index is 1.57. The Labute approximate surface area is 157 Å². The molecule has 2 aromatic rings. The minimum atomic E-state index is -0.514. The van der Waals surface area contributed by atoms with Gasteiger partial charge in [-0.2, -0.15) is 0 Å². The summed E-state index contributed by atoms with van der Waals surface area (Å²) < 4.78 is 0. The number of para-hydroxylation sites is 1. The lowest BCUT2D eigenvalue weighted by Crippen LogP contribution is -2.45. The molecule has 7 nitrogen and oxygen atoms in total. The van der Waals surface area contributed by atoms with Crippen LogP contribution in [-0.4, -0.2) is 35.8 Å². The maximum absolute atomic E-state index is 12.6. The molecule has 1 fully saturated rings. The fraction of sp³-hybridized carbons (Fsp3) is 0.250. The number of urea groups is 1. The highest BCUT2D eigenvalue weighted by Gasteiger charge is 2.28. The summed E-state index contributed by atoms with van der Waals surface area (Å²) in [5, 5.41) is 5.69. The smallest absolute Gasteiger partial charge is 0.321 e. The number of benzene rings is 2. The number of nitrogens with zero attached hydrogens (tertiary/aromatic N) is 1. The van der Waals surface area contributed by atoms with E-state index in [1.807, 2.05) is 30.3 Å². The molecule has 0 aliphatic carbocycles. The lowest BCUT2D eigenvalue weighted by atomic mass is 9.97. The van der Waals surface area contributed by atoms with Crippen molar-refractivity contribution in [3.63, 3.8) is 0 Å². The molecule has 0 spiro atoms. The zero-order valence-electron chi connectivity index (χ0n) is 14.9. The van der Waals surface area contributed by atoms with Crippen LogP contribution in [0.2, 0.25) is 0 Å². The molecule has 0 aromatic heterocycles. The largest absolute Gasteiger partial charge is 0.366 e. The van der Waals surface area contributed by atoms with E-state index in [-0.39, 0.29) is 17.9 Å². The Kier molecular flexibility index (Phi) is 5.71. The van der Waals surface area contributed by atoms with E-state index >= 15 is 0 Å². The van der Waals surface area contributed by atoms with Gasteiger partial charge in [-0.05, 0) is 49.2 Å².